The molecule has 0 heterocycles. The Morgan fingerprint density at radius 2 is 2.27 bits per heavy atom. The van der Waals surface area contributed by atoms with Gasteiger partial charge in [0.05, 0.1) is 6.61 Å². The lowest BCUT2D eigenvalue weighted by molar-refractivity contribution is -0.126. The predicted molar refractivity (Wildman–Crippen MR) is 36.2 cm³/mol. The van der Waals surface area contributed by atoms with Gasteiger partial charge in [0.1, 0.15) is 6.16 Å². The van der Waals surface area contributed by atoms with Crippen molar-refractivity contribution in [3.8, 4) is 0 Å². The molecular formula is C4H10NO5P. The second kappa shape index (κ2) is 4.46. The molecule has 6 nitrogen and oxygen atoms in total. The monoisotopic (exact) mass is 183 g/mol. The van der Waals surface area contributed by atoms with Crippen LogP contribution in [0.15, 0.2) is 0 Å². The van der Waals surface area contributed by atoms with Gasteiger partial charge in [0, 0.05) is 0 Å². The first kappa shape index (κ1) is 10.6. The summed E-state index contributed by atoms with van der Waals surface area (Å²) in [5.41, 5.74) is 1.23. The lowest BCUT2D eigenvalue weighted by Gasteiger charge is -2.07. The van der Waals surface area contributed by atoms with E-state index in [9.17, 15) is 9.36 Å². The fraction of sp³-hybridized carbons (Fsp3) is 0.750. The first-order valence-corrected chi connectivity index (χ1v) is 4.67. The zero-order chi connectivity index (χ0) is 8.91. The van der Waals surface area contributed by atoms with Gasteiger partial charge in [0.15, 0.2) is 0 Å². The van der Waals surface area contributed by atoms with Gasteiger partial charge in [-0.1, -0.05) is 0 Å². The van der Waals surface area contributed by atoms with Crippen molar-refractivity contribution in [2.45, 2.75) is 6.92 Å². The molecule has 0 aromatic heterocycles. The topological polar surface area (TPSA) is 95.9 Å². The molecule has 3 N–H and O–H groups in total. The molecule has 0 aromatic carbocycles. The van der Waals surface area contributed by atoms with Gasteiger partial charge >= 0.3 is 7.60 Å². The summed E-state index contributed by atoms with van der Waals surface area (Å²) in [6.45, 7) is 1.58. The quantitative estimate of drug-likeness (QED) is 0.316. The predicted octanol–water partition coefficient (Wildman–Crippen LogP) is -0.286. The van der Waals surface area contributed by atoms with Gasteiger partial charge < -0.3 is 9.42 Å². The Morgan fingerprint density at radius 1 is 1.73 bits per heavy atom. The Morgan fingerprint density at radius 3 is 2.64 bits per heavy atom. The first-order chi connectivity index (χ1) is 5.02. The molecule has 0 saturated heterocycles. The van der Waals surface area contributed by atoms with E-state index in [0.717, 1.165) is 0 Å². The molecule has 1 unspecified atom stereocenters. The fourth-order valence-corrected chi connectivity index (χ4v) is 1.39. The molecule has 0 saturated carbocycles. The third-order valence-corrected chi connectivity index (χ3v) is 2.15. The van der Waals surface area contributed by atoms with Crippen LogP contribution in [0.2, 0.25) is 0 Å². The van der Waals surface area contributed by atoms with Gasteiger partial charge in [-0.2, -0.15) is 0 Å². The maximum atomic E-state index is 10.7. The molecule has 1 amide bonds. The van der Waals surface area contributed by atoms with Gasteiger partial charge in [0.2, 0.25) is 0 Å². The molecular weight excluding hydrogens is 173 g/mol. The molecule has 7 heteroatoms. The Bertz CT molecular complexity index is 181. The lowest BCUT2D eigenvalue weighted by atomic mass is 10.8. The van der Waals surface area contributed by atoms with Gasteiger partial charge in [-0.15, -0.1) is 0 Å². The van der Waals surface area contributed by atoms with Crippen molar-refractivity contribution in [3.05, 3.63) is 0 Å². The number of carbonyl (C=O) groups is 1. The summed E-state index contributed by atoms with van der Waals surface area (Å²) in [4.78, 5) is 19.1. The van der Waals surface area contributed by atoms with Crippen molar-refractivity contribution in [2.75, 3.05) is 12.8 Å². The zero-order valence-corrected chi connectivity index (χ0v) is 6.88. The van der Waals surface area contributed by atoms with Crippen LogP contribution >= 0.6 is 7.60 Å². The number of hydrogen-bond acceptors (Lipinski definition) is 4. The number of nitrogens with one attached hydrogen (secondary N) is 1. The van der Waals surface area contributed by atoms with Crippen LogP contribution < -0.4 is 5.48 Å². The van der Waals surface area contributed by atoms with Crippen LogP contribution in [0, 0.1) is 0 Å². The van der Waals surface area contributed by atoms with E-state index in [2.05, 4.69) is 4.52 Å². The van der Waals surface area contributed by atoms with Crippen LogP contribution in [0.3, 0.4) is 0 Å². The SMILES string of the molecule is CCOP(=O)(O)CC(=O)NO. The second-order valence-corrected chi connectivity index (χ2v) is 3.60. The van der Waals surface area contributed by atoms with E-state index in [1.807, 2.05) is 0 Å². The van der Waals surface area contributed by atoms with Crippen molar-refractivity contribution in [2.24, 2.45) is 0 Å². The Kier molecular flexibility index (Phi) is 4.29. The molecule has 0 aliphatic carbocycles. The standard InChI is InChI=1S/C4H10NO5P/c1-2-10-11(8,9)3-4(6)5-7/h7H,2-3H2,1H3,(H,5,6)(H,8,9). The van der Waals surface area contributed by atoms with Gasteiger partial charge in [-0.3, -0.25) is 14.6 Å². The van der Waals surface area contributed by atoms with E-state index in [1.54, 1.807) is 0 Å². The van der Waals surface area contributed by atoms with Crippen molar-refractivity contribution < 1.29 is 24.0 Å². The van der Waals surface area contributed by atoms with E-state index < -0.39 is 19.7 Å². The molecule has 0 aliphatic rings. The largest absolute Gasteiger partial charge is 0.337 e. The number of rotatable bonds is 4. The first-order valence-electron chi connectivity index (χ1n) is 2.91. The average molecular weight is 183 g/mol. The highest BCUT2D eigenvalue weighted by Gasteiger charge is 2.22. The molecule has 0 aromatic rings. The van der Waals surface area contributed by atoms with Crippen molar-refractivity contribution in [1.29, 1.82) is 0 Å². The summed E-state index contributed by atoms with van der Waals surface area (Å²) in [5, 5.41) is 7.98. The molecule has 0 radical (unpaired) electrons. The zero-order valence-electron chi connectivity index (χ0n) is 5.98. The summed E-state index contributed by atoms with van der Waals surface area (Å²) >= 11 is 0. The van der Waals surface area contributed by atoms with Crippen LogP contribution in [0.25, 0.3) is 0 Å². The minimum atomic E-state index is -3.84. The van der Waals surface area contributed by atoms with E-state index in [1.165, 1.54) is 12.4 Å². The van der Waals surface area contributed by atoms with E-state index in [4.69, 9.17) is 10.1 Å². The van der Waals surface area contributed by atoms with Gasteiger partial charge in [-0.05, 0) is 6.92 Å². The third-order valence-electron chi connectivity index (χ3n) is 0.799. The Hall–Kier alpha value is -0.420. The highest BCUT2D eigenvalue weighted by Crippen LogP contribution is 2.40. The van der Waals surface area contributed by atoms with E-state index >= 15 is 0 Å². The fourth-order valence-electron chi connectivity index (χ4n) is 0.464. The van der Waals surface area contributed by atoms with E-state index in [0.29, 0.717) is 0 Å². The second-order valence-electron chi connectivity index (χ2n) is 1.75. The third kappa shape index (κ3) is 4.92. The molecule has 0 aliphatic heterocycles. The Labute approximate surface area is 63.7 Å². The highest BCUT2D eigenvalue weighted by atomic mass is 31.2. The molecule has 0 fully saturated rings. The number of hydroxylamine groups is 1. The minimum Gasteiger partial charge on any atom is -0.324 e. The van der Waals surface area contributed by atoms with Crippen molar-refractivity contribution in [3.63, 3.8) is 0 Å². The molecule has 66 valence electrons. The Balaban J connectivity index is 3.91. The van der Waals surface area contributed by atoms with Crippen molar-refractivity contribution in [1.82, 2.24) is 5.48 Å². The van der Waals surface area contributed by atoms with Crippen LogP contribution in [0.1, 0.15) is 6.92 Å². The van der Waals surface area contributed by atoms with Crippen LogP contribution in [0.4, 0.5) is 0 Å². The summed E-state index contributed by atoms with van der Waals surface area (Å²) in [6.07, 6.45) is -0.725. The number of amides is 1. The maximum Gasteiger partial charge on any atom is 0.337 e. The van der Waals surface area contributed by atoms with Gasteiger partial charge in [-0.25, -0.2) is 5.48 Å². The summed E-state index contributed by atoms with van der Waals surface area (Å²) in [6, 6.07) is 0. The molecule has 0 bridgehead atoms. The number of carbonyl (C=O) groups excluding carboxylic acids is 1. The smallest absolute Gasteiger partial charge is 0.324 e. The molecule has 0 rings (SSSR count). The lowest BCUT2D eigenvalue weighted by Crippen LogP contribution is -2.22. The summed E-state index contributed by atoms with van der Waals surface area (Å²) in [5.74, 6) is -0.940. The summed E-state index contributed by atoms with van der Waals surface area (Å²) in [7, 11) is -3.84. The minimum absolute atomic E-state index is 0.0481. The molecule has 11 heavy (non-hydrogen) atoms. The summed E-state index contributed by atoms with van der Waals surface area (Å²) < 4.78 is 15.1. The van der Waals surface area contributed by atoms with Crippen LogP contribution in [0.5, 0.6) is 0 Å². The highest BCUT2D eigenvalue weighted by molar-refractivity contribution is 7.53. The number of hydrogen-bond donors (Lipinski definition) is 3. The van der Waals surface area contributed by atoms with Crippen LogP contribution in [-0.4, -0.2) is 28.8 Å². The normalized spacial score (nSPS) is 15.5. The molecule has 0 spiro atoms. The molecule has 1 atom stereocenters. The maximum absolute atomic E-state index is 10.7. The van der Waals surface area contributed by atoms with Crippen molar-refractivity contribution >= 4 is 13.5 Å². The van der Waals surface area contributed by atoms with Crippen LogP contribution in [-0.2, 0) is 13.9 Å². The van der Waals surface area contributed by atoms with Gasteiger partial charge in [0.25, 0.3) is 5.91 Å². The van der Waals surface area contributed by atoms with E-state index in [-0.39, 0.29) is 6.61 Å². The average Bonchev–Trinajstić information content (AvgIpc) is 1.86.